The fourth-order valence-electron chi connectivity index (χ4n) is 2.62. The standard InChI is InChI=1S/C15H20N2O/c1-2-5-13(4-1)18-14-8-6-12(7-9-14)15-16-10-3-11-17-15/h6-9,13H,1-5,10-11H2,(H,16,17). The molecule has 3 rings (SSSR count). The highest BCUT2D eigenvalue weighted by molar-refractivity contribution is 5.99. The van der Waals surface area contributed by atoms with E-state index in [1.807, 2.05) is 0 Å². The number of amidine groups is 1. The highest BCUT2D eigenvalue weighted by Crippen LogP contribution is 2.24. The second kappa shape index (κ2) is 5.42. The first-order chi connectivity index (χ1) is 8.92. The van der Waals surface area contributed by atoms with Gasteiger partial charge in [-0.05, 0) is 56.4 Å². The topological polar surface area (TPSA) is 33.6 Å². The summed E-state index contributed by atoms with van der Waals surface area (Å²) in [7, 11) is 0. The maximum absolute atomic E-state index is 5.96. The Bertz CT molecular complexity index is 419. The molecule has 1 aliphatic heterocycles. The summed E-state index contributed by atoms with van der Waals surface area (Å²) in [5.74, 6) is 2.01. The first kappa shape index (κ1) is 11.6. The van der Waals surface area contributed by atoms with E-state index in [0.29, 0.717) is 6.10 Å². The van der Waals surface area contributed by atoms with E-state index >= 15 is 0 Å². The van der Waals surface area contributed by atoms with Gasteiger partial charge < -0.3 is 10.1 Å². The first-order valence-electron chi connectivity index (χ1n) is 6.97. The van der Waals surface area contributed by atoms with Gasteiger partial charge in [0.1, 0.15) is 11.6 Å². The maximum atomic E-state index is 5.96. The molecule has 0 amide bonds. The van der Waals surface area contributed by atoms with Crippen molar-refractivity contribution in [3.8, 4) is 5.75 Å². The lowest BCUT2D eigenvalue weighted by Crippen LogP contribution is -2.30. The van der Waals surface area contributed by atoms with Crippen LogP contribution in [-0.2, 0) is 0 Å². The lowest BCUT2D eigenvalue weighted by Gasteiger charge is -2.16. The van der Waals surface area contributed by atoms with Crippen molar-refractivity contribution >= 4 is 5.84 Å². The molecule has 1 fully saturated rings. The molecule has 18 heavy (non-hydrogen) atoms. The van der Waals surface area contributed by atoms with E-state index < -0.39 is 0 Å². The van der Waals surface area contributed by atoms with Crippen molar-refractivity contribution in [2.45, 2.75) is 38.2 Å². The van der Waals surface area contributed by atoms with Gasteiger partial charge in [-0.15, -0.1) is 0 Å². The van der Waals surface area contributed by atoms with Gasteiger partial charge >= 0.3 is 0 Å². The molecule has 1 aliphatic carbocycles. The van der Waals surface area contributed by atoms with Gasteiger partial charge in [-0.1, -0.05) is 0 Å². The minimum absolute atomic E-state index is 0.431. The lowest BCUT2D eigenvalue weighted by atomic mass is 10.1. The van der Waals surface area contributed by atoms with Crippen LogP contribution in [0.25, 0.3) is 0 Å². The molecular formula is C15H20N2O. The van der Waals surface area contributed by atoms with Crippen LogP contribution >= 0.6 is 0 Å². The molecule has 0 saturated heterocycles. The maximum Gasteiger partial charge on any atom is 0.128 e. The Kier molecular flexibility index (Phi) is 3.49. The molecule has 0 aromatic heterocycles. The van der Waals surface area contributed by atoms with Gasteiger partial charge in [-0.2, -0.15) is 0 Å². The number of aliphatic imine (C=N–C) groups is 1. The Hall–Kier alpha value is -1.51. The molecule has 1 aromatic rings. The number of hydrogen-bond acceptors (Lipinski definition) is 3. The summed E-state index contributed by atoms with van der Waals surface area (Å²) in [6.45, 7) is 1.96. The molecule has 96 valence electrons. The summed E-state index contributed by atoms with van der Waals surface area (Å²) in [5, 5.41) is 3.34. The smallest absolute Gasteiger partial charge is 0.128 e. The third kappa shape index (κ3) is 2.66. The van der Waals surface area contributed by atoms with Crippen LogP contribution in [0.1, 0.15) is 37.7 Å². The van der Waals surface area contributed by atoms with Gasteiger partial charge in [-0.25, -0.2) is 0 Å². The third-order valence-electron chi connectivity index (χ3n) is 3.63. The van der Waals surface area contributed by atoms with E-state index in [0.717, 1.165) is 36.7 Å². The van der Waals surface area contributed by atoms with Crippen LogP contribution in [0, 0.1) is 0 Å². The SMILES string of the molecule is c1cc(C2=NCCCN2)ccc1OC1CCCC1. The zero-order valence-corrected chi connectivity index (χ0v) is 10.7. The molecule has 0 spiro atoms. The van der Waals surface area contributed by atoms with Crippen LogP contribution in [0.2, 0.25) is 0 Å². The van der Waals surface area contributed by atoms with E-state index in [2.05, 4.69) is 34.6 Å². The summed E-state index contributed by atoms with van der Waals surface area (Å²) in [4.78, 5) is 4.50. The normalized spacial score (nSPS) is 20.3. The van der Waals surface area contributed by atoms with Gasteiger partial charge in [0.2, 0.25) is 0 Å². The molecule has 0 atom stereocenters. The van der Waals surface area contributed by atoms with Crippen molar-refractivity contribution in [1.29, 1.82) is 0 Å². The predicted molar refractivity (Wildman–Crippen MR) is 73.3 cm³/mol. The highest BCUT2D eigenvalue weighted by Gasteiger charge is 2.16. The Morgan fingerprint density at radius 1 is 1.06 bits per heavy atom. The predicted octanol–water partition coefficient (Wildman–Crippen LogP) is 2.75. The van der Waals surface area contributed by atoms with Gasteiger partial charge in [0.25, 0.3) is 0 Å². The third-order valence-corrected chi connectivity index (χ3v) is 3.63. The van der Waals surface area contributed by atoms with Crippen molar-refractivity contribution in [2.75, 3.05) is 13.1 Å². The zero-order chi connectivity index (χ0) is 12.2. The van der Waals surface area contributed by atoms with Crippen molar-refractivity contribution in [1.82, 2.24) is 5.32 Å². The zero-order valence-electron chi connectivity index (χ0n) is 10.7. The van der Waals surface area contributed by atoms with Gasteiger partial charge in [0.15, 0.2) is 0 Å². The Morgan fingerprint density at radius 2 is 1.83 bits per heavy atom. The molecule has 2 aliphatic rings. The van der Waals surface area contributed by atoms with Gasteiger partial charge in [0, 0.05) is 18.7 Å². The van der Waals surface area contributed by atoms with Crippen LogP contribution < -0.4 is 10.1 Å². The average Bonchev–Trinajstić information content (AvgIpc) is 2.94. The Balaban J connectivity index is 1.66. The second-order valence-corrected chi connectivity index (χ2v) is 5.06. The second-order valence-electron chi connectivity index (χ2n) is 5.06. The van der Waals surface area contributed by atoms with E-state index in [1.54, 1.807) is 0 Å². The minimum atomic E-state index is 0.431. The monoisotopic (exact) mass is 244 g/mol. The number of ether oxygens (including phenoxy) is 1. The van der Waals surface area contributed by atoms with Crippen molar-refractivity contribution in [3.63, 3.8) is 0 Å². The van der Waals surface area contributed by atoms with Crippen LogP contribution in [0.5, 0.6) is 5.75 Å². The summed E-state index contributed by atoms with van der Waals surface area (Å²) >= 11 is 0. The summed E-state index contributed by atoms with van der Waals surface area (Å²) < 4.78 is 5.96. The summed E-state index contributed by atoms with van der Waals surface area (Å²) in [6, 6.07) is 8.32. The molecule has 1 aromatic carbocycles. The van der Waals surface area contributed by atoms with Crippen LogP contribution in [0.4, 0.5) is 0 Å². The molecule has 0 radical (unpaired) electrons. The highest BCUT2D eigenvalue weighted by atomic mass is 16.5. The van der Waals surface area contributed by atoms with E-state index in [9.17, 15) is 0 Å². The van der Waals surface area contributed by atoms with Gasteiger partial charge in [-0.3, -0.25) is 4.99 Å². The summed E-state index contributed by atoms with van der Waals surface area (Å²) in [6.07, 6.45) is 6.59. The van der Waals surface area contributed by atoms with E-state index in [1.165, 1.54) is 25.7 Å². The molecule has 1 N–H and O–H groups in total. The van der Waals surface area contributed by atoms with E-state index in [4.69, 9.17) is 4.74 Å². The quantitative estimate of drug-likeness (QED) is 0.887. The molecule has 3 heteroatoms. The largest absolute Gasteiger partial charge is 0.490 e. The Morgan fingerprint density at radius 3 is 2.50 bits per heavy atom. The van der Waals surface area contributed by atoms with Crippen molar-refractivity contribution < 1.29 is 4.74 Å². The lowest BCUT2D eigenvalue weighted by molar-refractivity contribution is 0.210. The fourth-order valence-corrected chi connectivity index (χ4v) is 2.62. The molecule has 3 nitrogen and oxygen atoms in total. The molecule has 1 heterocycles. The number of nitrogens with zero attached hydrogens (tertiary/aromatic N) is 1. The minimum Gasteiger partial charge on any atom is -0.490 e. The average molecular weight is 244 g/mol. The van der Waals surface area contributed by atoms with Crippen molar-refractivity contribution in [3.05, 3.63) is 29.8 Å². The first-order valence-corrected chi connectivity index (χ1v) is 6.97. The van der Waals surface area contributed by atoms with E-state index in [-0.39, 0.29) is 0 Å². The van der Waals surface area contributed by atoms with Crippen LogP contribution in [0.15, 0.2) is 29.3 Å². The van der Waals surface area contributed by atoms with Gasteiger partial charge in [0.05, 0.1) is 6.10 Å². The molecule has 0 bridgehead atoms. The fraction of sp³-hybridized carbons (Fsp3) is 0.533. The number of nitrogens with one attached hydrogen (secondary N) is 1. The number of rotatable bonds is 3. The molecule has 1 saturated carbocycles. The van der Waals surface area contributed by atoms with Crippen LogP contribution in [-0.4, -0.2) is 25.0 Å². The molecular weight excluding hydrogens is 224 g/mol. The molecule has 0 unspecified atom stereocenters. The van der Waals surface area contributed by atoms with Crippen molar-refractivity contribution in [2.24, 2.45) is 4.99 Å². The number of hydrogen-bond donors (Lipinski definition) is 1. The van der Waals surface area contributed by atoms with Crippen LogP contribution in [0.3, 0.4) is 0 Å². The Labute approximate surface area is 108 Å². The number of benzene rings is 1. The summed E-state index contributed by atoms with van der Waals surface area (Å²) in [5.41, 5.74) is 1.16.